The first-order valence-corrected chi connectivity index (χ1v) is 7.10. The molecular weight excluding hydrogens is 234 g/mol. The van der Waals surface area contributed by atoms with Crippen molar-refractivity contribution in [2.75, 3.05) is 6.54 Å². The Hall–Kier alpha value is -1.61. The van der Waals surface area contributed by atoms with Gasteiger partial charge in [0.15, 0.2) is 0 Å². The first-order chi connectivity index (χ1) is 9.29. The third-order valence-corrected chi connectivity index (χ3v) is 4.05. The van der Waals surface area contributed by atoms with Gasteiger partial charge in [0, 0.05) is 25.2 Å². The highest BCUT2D eigenvalue weighted by atomic mass is 15.3. The van der Waals surface area contributed by atoms with Gasteiger partial charge in [-0.15, -0.1) is 0 Å². The number of nitrogens with zero attached hydrogens (tertiary/aromatic N) is 2. The molecule has 1 N–H and O–H groups in total. The Labute approximate surface area is 114 Å². The van der Waals surface area contributed by atoms with E-state index < -0.39 is 0 Å². The van der Waals surface area contributed by atoms with E-state index >= 15 is 0 Å². The van der Waals surface area contributed by atoms with Crippen LogP contribution < -0.4 is 5.32 Å². The van der Waals surface area contributed by atoms with E-state index in [0.717, 1.165) is 13.0 Å². The number of hydrogen-bond donors (Lipinski definition) is 1. The second-order valence-electron chi connectivity index (χ2n) is 5.30. The molecule has 0 spiro atoms. The lowest BCUT2D eigenvalue weighted by Gasteiger charge is -2.20. The summed E-state index contributed by atoms with van der Waals surface area (Å²) in [6.07, 6.45) is 4.40. The summed E-state index contributed by atoms with van der Waals surface area (Å²) in [6, 6.07) is 11.2. The van der Waals surface area contributed by atoms with Crippen molar-refractivity contribution in [2.45, 2.75) is 31.7 Å². The Bertz CT molecular complexity index is 544. The highest BCUT2D eigenvalue weighted by Crippen LogP contribution is 2.38. The monoisotopic (exact) mass is 255 g/mol. The summed E-state index contributed by atoms with van der Waals surface area (Å²) in [5, 5.41) is 8.24. The molecule has 1 fully saturated rings. The maximum atomic E-state index is 4.59. The highest BCUT2D eigenvalue weighted by molar-refractivity contribution is 5.31. The minimum Gasteiger partial charge on any atom is -0.309 e. The topological polar surface area (TPSA) is 29.9 Å². The molecule has 1 aromatic carbocycles. The van der Waals surface area contributed by atoms with E-state index in [9.17, 15) is 0 Å². The molecule has 1 aliphatic heterocycles. The van der Waals surface area contributed by atoms with Crippen molar-refractivity contribution < 1.29 is 0 Å². The molecule has 0 aliphatic carbocycles. The predicted octanol–water partition coefficient (Wildman–Crippen LogP) is 2.80. The molecule has 2 atom stereocenters. The Morgan fingerprint density at radius 1 is 1.32 bits per heavy atom. The molecule has 3 nitrogen and oxygen atoms in total. The molecule has 2 aromatic rings. The van der Waals surface area contributed by atoms with Gasteiger partial charge in [-0.3, -0.25) is 4.68 Å². The summed E-state index contributed by atoms with van der Waals surface area (Å²) in [5.74, 6) is 0.547. The Balaban J connectivity index is 1.95. The fourth-order valence-corrected chi connectivity index (χ4v) is 3.19. The fourth-order valence-electron chi connectivity index (χ4n) is 3.19. The summed E-state index contributed by atoms with van der Waals surface area (Å²) in [6.45, 7) is 3.27. The quantitative estimate of drug-likeness (QED) is 0.914. The van der Waals surface area contributed by atoms with Crippen molar-refractivity contribution >= 4 is 0 Å². The van der Waals surface area contributed by atoms with E-state index in [1.807, 2.05) is 11.7 Å². The van der Waals surface area contributed by atoms with Crippen molar-refractivity contribution in [3.05, 3.63) is 53.3 Å². The molecule has 0 bridgehead atoms. The van der Waals surface area contributed by atoms with Gasteiger partial charge in [0.25, 0.3) is 0 Å². The van der Waals surface area contributed by atoms with Gasteiger partial charge in [-0.1, -0.05) is 37.3 Å². The van der Waals surface area contributed by atoms with Crippen LogP contribution in [0.2, 0.25) is 0 Å². The van der Waals surface area contributed by atoms with Crippen LogP contribution >= 0.6 is 0 Å². The average Bonchev–Trinajstić information content (AvgIpc) is 3.05. The SMILES string of the molecule is CCc1nn(C)cc1C1CCNC1c1ccccc1. The minimum absolute atomic E-state index is 0.427. The van der Waals surface area contributed by atoms with Gasteiger partial charge in [0.1, 0.15) is 0 Å². The molecule has 0 amide bonds. The normalized spacial score (nSPS) is 22.8. The van der Waals surface area contributed by atoms with Crippen molar-refractivity contribution in [3.63, 3.8) is 0 Å². The number of nitrogens with one attached hydrogen (secondary N) is 1. The molecule has 0 radical (unpaired) electrons. The predicted molar refractivity (Wildman–Crippen MR) is 77.1 cm³/mol. The summed E-state index contributed by atoms with van der Waals surface area (Å²) >= 11 is 0. The minimum atomic E-state index is 0.427. The molecule has 3 rings (SSSR count). The van der Waals surface area contributed by atoms with Crippen molar-refractivity contribution in [1.29, 1.82) is 0 Å². The summed E-state index contributed by atoms with van der Waals surface area (Å²) < 4.78 is 1.95. The van der Waals surface area contributed by atoms with E-state index in [2.05, 4.69) is 53.9 Å². The van der Waals surface area contributed by atoms with Crippen LogP contribution in [0.3, 0.4) is 0 Å². The van der Waals surface area contributed by atoms with E-state index in [1.165, 1.54) is 23.2 Å². The fraction of sp³-hybridized carbons (Fsp3) is 0.438. The van der Waals surface area contributed by atoms with Crippen LogP contribution in [-0.4, -0.2) is 16.3 Å². The lowest BCUT2D eigenvalue weighted by molar-refractivity contribution is 0.574. The number of hydrogen-bond acceptors (Lipinski definition) is 2. The van der Waals surface area contributed by atoms with Gasteiger partial charge >= 0.3 is 0 Å². The Morgan fingerprint density at radius 2 is 2.11 bits per heavy atom. The zero-order chi connectivity index (χ0) is 13.2. The van der Waals surface area contributed by atoms with E-state index in [4.69, 9.17) is 0 Å². The molecule has 1 aromatic heterocycles. The smallest absolute Gasteiger partial charge is 0.0657 e. The van der Waals surface area contributed by atoms with Crippen LogP contribution in [0.5, 0.6) is 0 Å². The van der Waals surface area contributed by atoms with Crippen molar-refractivity contribution in [3.8, 4) is 0 Å². The Morgan fingerprint density at radius 3 is 2.84 bits per heavy atom. The standard InChI is InChI=1S/C16H21N3/c1-3-15-14(11-19(2)18-15)13-9-10-17-16(13)12-7-5-4-6-8-12/h4-8,11,13,16-17H,3,9-10H2,1-2H3. The van der Waals surface area contributed by atoms with Crippen molar-refractivity contribution in [2.24, 2.45) is 7.05 Å². The average molecular weight is 255 g/mol. The lowest BCUT2D eigenvalue weighted by Crippen LogP contribution is -2.17. The largest absolute Gasteiger partial charge is 0.309 e. The van der Waals surface area contributed by atoms with Crippen LogP contribution in [0.15, 0.2) is 36.5 Å². The van der Waals surface area contributed by atoms with Gasteiger partial charge < -0.3 is 5.32 Å². The Kier molecular flexibility index (Phi) is 3.38. The number of aryl methyl sites for hydroxylation is 2. The number of benzene rings is 1. The van der Waals surface area contributed by atoms with Crippen molar-refractivity contribution in [1.82, 2.24) is 15.1 Å². The molecule has 1 saturated heterocycles. The highest BCUT2D eigenvalue weighted by Gasteiger charge is 2.31. The van der Waals surface area contributed by atoms with Gasteiger partial charge in [-0.05, 0) is 30.5 Å². The summed E-state index contributed by atoms with van der Waals surface area (Å²) in [5.41, 5.74) is 4.05. The molecular formula is C16H21N3. The van der Waals surface area contributed by atoms with Crippen LogP contribution in [0, 0.1) is 0 Å². The number of rotatable bonds is 3. The van der Waals surface area contributed by atoms with Gasteiger partial charge in [-0.25, -0.2) is 0 Å². The molecule has 2 unspecified atom stereocenters. The van der Waals surface area contributed by atoms with E-state index in [-0.39, 0.29) is 0 Å². The molecule has 19 heavy (non-hydrogen) atoms. The van der Waals surface area contributed by atoms with E-state index in [0.29, 0.717) is 12.0 Å². The molecule has 1 aliphatic rings. The summed E-state index contributed by atoms with van der Waals surface area (Å²) in [7, 11) is 2.02. The first-order valence-electron chi connectivity index (χ1n) is 7.10. The van der Waals surface area contributed by atoms with Crippen LogP contribution in [-0.2, 0) is 13.5 Å². The van der Waals surface area contributed by atoms with Gasteiger partial charge in [0.05, 0.1) is 5.69 Å². The van der Waals surface area contributed by atoms with Gasteiger partial charge in [-0.2, -0.15) is 5.10 Å². The third-order valence-electron chi connectivity index (χ3n) is 4.05. The maximum Gasteiger partial charge on any atom is 0.0657 e. The van der Waals surface area contributed by atoms with Gasteiger partial charge in [0.2, 0.25) is 0 Å². The maximum absolute atomic E-state index is 4.59. The summed E-state index contributed by atoms with van der Waals surface area (Å²) in [4.78, 5) is 0. The molecule has 2 heterocycles. The number of aromatic nitrogens is 2. The lowest BCUT2D eigenvalue weighted by atomic mass is 9.88. The third kappa shape index (κ3) is 2.30. The molecule has 3 heteroatoms. The van der Waals surface area contributed by atoms with Crippen LogP contribution in [0.25, 0.3) is 0 Å². The van der Waals surface area contributed by atoms with Crippen LogP contribution in [0.4, 0.5) is 0 Å². The molecule has 0 saturated carbocycles. The van der Waals surface area contributed by atoms with Crippen LogP contribution in [0.1, 0.15) is 42.1 Å². The zero-order valence-corrected chi connectivity index (χ0v) is 11.6. The van der Waals surface area contributed by atoms with E-state index in [1.54, 1.807) is 0 Å². The molecule has 100 valence electrons. The zero-order valence-electron chi connectivity index (χ0n) is 11.6. The second-order valence-corrected chi connectivity index (χ2v) is 5.30. The first kappa shape index (κ1) is 12.4. The second kappa shape index (κ2) is 5.17.